The van der Waals surface area contributed by atoms with Gasteiger partial charge < -0.3 is 10.2 Å². The molecule has 1 aromatic carbocycles. The Kier molecular flexibility index (Phi) is 5.09. The molecule has 2 aliphatic carbocycles. The van der Waals surface area contributed by atoms with E-state index in [9.17, 15) is 18.8 Å². The summed E-state index contributed by atoms with van der Waals surface area (Å²) in [4.78, 5) is 41.4. The Morgan fingerprint density at radius 2 is 1.59 bits per heavy atom. The predicted molar refractivity (Wildman–Crippen MR) is 105 cm³/mol. The van der Waals surface area contributed by atoms with Gasteiger partial charge in [-0.3, -0.25) is 14.5 Å². The minimum absolute atomic E-state index is 0.248. The third-order valence-electron chi connectivity index (χ3n) is 7.02. The molecule has 4 amide bonds. The number of nitrogens with one attached hydrogen (secondary N) is 1. The highest BCUT2D eigenvalue weighted by atomic mass is 19.1. The summed E-state index contributed by atoms with van der Waals surface area (Å²) < 4.78 is 13.4. The SMILES string of the molecule is CN1C(=O)N(CC(=O)NC2(c3ccc(F)cc3)CCCC2)C(=O)C12CCCCC2. The van der Waals surface area contributed by atoms with Crippen LogP contribution in [-0.2, 0) is 15.1 Å². The van der Waals surface area contributed by atoms with Gasteiger partial charge in [0.1, 0.15) is 17.9 Å². The molecule has 0 bridgehead atoms. The van der Waals surface area contributed by atoms with E-state index in [1.54, 1.807) is 19.2 Å². The molecule has 3 fully saturated rings. The highest BCUT2D eigenvalue weighted by Gasteiger charge is 2.56. The zero-order valence-electron chi connectivity index (χ0n) is 16.9. The number of carbonyl (C=O) groups excluding carboxylic acids is 3. The molecule has 0 aromatic heterocycles. The Hall–Kier alpha value is -2.44. The number of amides is 4. The monoisotopic (exact) mass is 401 g/mol. The topological polar surface area (TPSA) is 69.7 Å². The molecule has 1 aliphatic heterocycles. The molecule has 7 heteroatoms. The molecule has 1 aromatic rings. The maximum atomic E-state index is 13.4. The van der Waals surface area contributed by atoms with Crippen LogP contribution in [0.4, 0.5) is 9.18 Å². The molecule has 156 valence electrons. The van der Waals surface area contributed by atoms with E-state index in [1.807, 2.05) is 0 Å². The van der Waals surface area contributed by atoms with Crippen molar-refractivity contribution in [2.24, 2.45) is 0 Å². The fraction of sp³-hybridized carbons (Fsp3) is 0.591. The first-order chi connectivity index (χ1) is 13.9. The van der Waals surface area contributed by atoms with Crippen LogP contribution >= 0.6 is 0 Å². The summed E-state index contributed by atoms with van der Waals surface area (Å²) >= 11 is 0. The lowest BCUT2D eigenvalue weighted by atomic mass is 9.81. The largest absolute Gasteiger partial charge is 0.345 e. The van der Waals surface area contributed by atoms with Gasteiger partial charge in [-0.15, -0.1) is 0 Å². The van der Waals surface area contributed by atoms with Gasteiger partial charge in [0.05, 0.1) is 5.54 Å². The summed E-state index contributed by atoms with van der Waals surface area (Å²) in [5, 5.41) is 3.08. The predicted octanol–water partition coefficient (Wildman–Crippen LogP) is 3.31. The van der Waals surface area contributed by atoms with Gasteiger partial charge in [0, 0.05) is 7.05 Å². The summed E-state index contributed by atoms with van der Waals surface area (Å²) in [6, 6.07) is 5.82. The molecule has 1 saturated heterocycles. The summed E-state index contributed by atoms with van der Waals surface area (Å²) in [5.41, 5.74) is -0.479. The van der Waals surface area contributed by atoms with E-state index in [0.717, 1.165) is 55.4 Å². The molecule has 0 atom stereocenters. The summed E-state index contributed by atoms with van der Waals surface area (Å²) in [7, 11) is 1.67. The summed E-state index contributed by atoms with van der Waals surface area (Å²) in [6.45, 7) is -0.271. The smallest absolute Gasteiger partial charge is 0.327 e. The van der Waals surface area contributed by atoms with E-state index >= 15 is 0 Å². The van der Waals surface area contributed by atoms with Crippen molar-refractivity contribution in [1.82, 2.24) is 15.1 Å². The Balaban J connectivity index is 1.50. The summed E-state index contributed by atoms with van der Waals surface area (Å²) in [5.74, 6) is -0.913. The second kappa shape index (κ2) is 7.43. The van der Waals surface area contributed by atoms with Crippen LogP contribution in [0.5, 0.6) is 0 Å². The van der Waals surface area contributed by atoms with Crippen LogP contribution in [0.2, 0.25) is 0 Å². The second-order valence-electron chi connectivity index (χ2n) is 8.67. The number of hydrogen-bond acceptors (Lipinski definition) is 3. The fourth-order valence-electron chi connectivity index (χ4n) is 5.35. The van der Waals surface area contributed by atoms with Crippen molar-refractivity contribution in [2.45, 2.75) is 68.9 Å². The van der Waals surface area contributed by atoms with E-state index in [0.29, 0.717) is 12.8 Å². The Bertz CT molecular complexity index is 811. The lowest BCUT2D eigenvalue weighted by Crippen LogP contribution is -2.51. The van der Waals surface area contributed by atoms with Crippen molar-refractivity contribution in [2.75, 3.05) is 13.6 Å². The van der Waals surface area contributed by atoms with Crippen molar-refractivity contribution >= 4 is 17.8 Å². The van der Waals surface area contributed by atoms with E-state index in [-0.39, 0.29) is 24.2 Å². The van der Waals surface area contributed by atoms with Gasteiger partial charge in [0.15, 0.2) is 0 Å². The normalized spacial score (nSPS) is 23.1. The van der Waals surface area contributed by atoms with Crippen LogP contribution < -0.4 is 5.32 Å². The minimum atomic E-state index is -0.780. The standard InChI is InChI=1S/C22H28FN3O3/c1-25-20(29)26(19(28)22(25)13-3-2-4-14-22)15-18(27)24-21(11-5-6-12-21)16-7-9-17(23)10-8-16/h7-10H,2-6,11-15H2,1H3,(H,24,27). The molecule has 4 rings (SSSR count). The maximum absolute atomic E-state index is 13.4. The number of rotatable bonds is 4. The molecule has 1 spiro atoms. The van der Waals surface area contributed by atoms with Crippen molar-refractivity contribution < 1.29 is 18.8 Å². The van der Waals surface area contributed by atoms with Crippen molar-refractivity contribution in [1.29, 1.82) is 0 Å². The number of carbonyl (C=O) groups is 3. The van der Waals surface area contributed by atoms with Gasteiger partial charge in [0.2, 0.25) is 5.91 Å². The van der Waals surface area contributed by atoms with Gasteiger partial charge in [-0.2, -0.15) is 0 Å². The average Bonchev–Trinajstić information content (AvgIpc) is 3.25. The summed E-state index contributed by atoms with van der Waals surface area (Å²) in [6.07, 6.45) is 7.66. The van der Waals surface area contributed by atoms with E-state index in [2.05, 4.69) is 5.32 Å². The molecule has 1 N–H and O–H groups in total. The quantitative estimate of drug-likeness (QED) is 0.787. The zero-order chi connectivity index (χ0) is 20.6. The number of hydrogen-bond donors (Lipinski definition) is 1. The van der Waals surface area contributed by atoms with Gasteiger partial charge in [-0.25, -0.2) is 9.18 Å². The molecular formula is C22H28FN3O3. The van der Waals surface area contributed by atoms with Crippen LogP contribution in [0.3, 0.4) is 0 Å². The third kappa shape index (κ3) is 3.30. The van der Waals surface area contributed by atoms with Crippen LogP contribution in [0, 0.1) is 5.82 Å². The van der Waals surface area contributed by atoms with E-state index < -0.39 is 17.1 Å². The lowest BCUT2D eigenvalue weighted by molar-refractivity contribution is -0.137. The van der Waals surface area contributed by atoms with E-state index in [4.69, 9.17) is 0 Å². The third-order valence-corrected chi connectivity index (χ3v) is 7.02. The number of urea groups is 1. The van der Waals surface area contributed by atoms with Crippen LogP contribution in [0.15, 0.2) is 24.3 Å². The first-order valence-electron chi connectivity index (χ1n) is 10.5. The number of nitrogens with zero attached hydrogens (tertiary/aromatic N) is 2. The Morgan fingerprint density at radius 3 is 2.21 bits per heavy atom. The van der Waals surface area contributed by atoms with Crippen LogP contribution in [-0.4, -0.2) is 46.8 Å². The number of benzene rings is 1. The Morgan fingerprint density at radius 1 is 1.00 bits per heavy atom. The van der Waals surface area contributed by atoms with Crippen molar-refractivity contribution in [3.8, 4) is 0 Å². The van der Waals surface area contributed by atoms with Crippen molar-refractivity contribution in [3.05, 3.63) is 35.6 Å². The van der Waals surface area contributed by atoms with Gasteiger partial charge in [-0.1, -0.05) is 44.2 Å². The second-order valence-corrected chi connectivity index (χ2v) is 8.67. The number of halogens is 1. The Labute approximate surface area is 170 Å². The first-order valence-corrected chi connectivity index (χ1v) is 10.5. The average molecular weight is 401 g/mol. The van der Waals surface area contributed by atoms with Crippen LogP contribution in [0.1, 0.15) is 63.4 Å². The zero-order valence-corrected chi connectivity index (χ0v) is 16.9. The highest BCUT2D eigenvalue weighted by Crippen LogP contribution is 2.40. The van der Waals surface area contributed by atoms with E-state index in [1.165, 1.54) is 17.0 Å². The minimum Gasteiger partial charge on any atom is -0.345 e. The number of likely N-dealkylation sites (N-methyl/N-ethyl adjacent to an activating group) is 1. The highest BCUT2D eigenvalue weighted by molar-refractivity contribution is 6.09. The molecule has 0 radical (unpaired) electrons. The number of imide groups is 1. The molecular weight excluding hydrogens is 373 g/mol. The van der Waals surface area contributed by atoms with Crippen LogP contribution in [0.25, 0.3) is 0 Å². The maximum Gasteiger partial charge on any atom is 0.327 e. The molecule has 1 heterocycles. The fourth-order valence-corrected chi connectivity index (χ4v) is 5.35. The lowest BCUT2D eigenvalue weighted by Gasteiger charge is -2.35. The van der Waals surface area contributed by atoms with Crippen molar-refractivity contribution in [3.63, 3.8) is 0 Å². The molecule has 2 saturated carbocycles. The molecule has 6 nitrogen and oxygen atoms in total. The van der Waals surface area contributed by atoms with Gasteiger partial charge >= 0.3 is 6.03 Å². The molecule has 0 unspecified atom stereocenters. The molecule has 29 heavy (non-hydrogen) atoms. The molecule has 3 aliphatic rings. The van der Waals surface area contributed by atoms with Gasteiger partial charge in [-0.05, 0) is 43.4 Å². The van der Waals surface area contributed by atoms with Gasteiger partial charge in [0.25, 0.3) is 5.91 Å². The first kappa shape index (κ1) is 19.9.